The topological polar surface area (TPSA) is 87.2 Å². The predicted octanol–water partition coefficient (Wildman–Crippen LogP) is 2.84. The van der Waals surface area contributed by atoms with Crippen molar-refractivity contribution in [1.82, 2.24) is 9.21 Å². The standard InChI is InChI=1S/C21H25ClN2O5S/c1-16-12-23(13-18-11-19(22)7-8-20(18)29-14-21(25)26)9-10-24(16)30(27,28)15-17-5-3-2-4-6-17/h2-8,11,16H,9-10,12-15H2,1H3,(H,25,26)/t16-/m0/s1. The van der Waals surface area contributed by atoms with Crippen LogP contribution < -0.4 is 4.74 Å². The van der Waals surface area contributed by atoms with Gasteiger partial charge in [-0.2, -0.15) is 4.31 Å². The number of nitrogens with zero attached hydrogens (tertiary/aromatic N) is 2. The Balaban J connectivity index is 1.66. The number of rotatable bonds is 8. The zero-order valence-corrected chi connectivity index (χ0v) is 18.3. The molecule has 3 rings (SSSR count). The third-order valence-electron chi connectivity index (χ3n) is 4.97. The summed E-state index contributed by atoms with van der Waals surface area (Å²) in [7, 11) is -3.42. The minimum atomic E-state index is -3.42. The average Bonchev–Trinajstić information content (AvgIpc) is 2.67. The Bertz CT molecular complexity index is 984. The summed E-state index contributed by atoms with van der Waals surface area (Å²) in [6.45, 7) is 3.46. The van der Waals surface area contributed by atoms with E-state index in [1.165, 1.54) is 0 Å². The Morgan fingerprint density at radius 1 is 1.20 bits per heavy atom. The smallest absolute Gasteiger partial charge is 0.341 e. The van der Waals surface area contributed by atoms with E-state index in [2.05, 4.69) is 4.90 Å². The van der Waals surface area contributed by atoms with Crippen molar-refractivity contribution in [2.45, 2.75) is 25.3 Å². The second-order valence-corrected chi connectivity index (χ2v) is 9.73. The molecule has 162 valence electrons. The first-order valence-electron chi connectivity index (χ1n) is 9.63. The maximum absolute atomic E-state index is 12.9. The van der Waals surface area contributed by atoms with Gasteiger partial charge in [0.15, 0.2) is 6.61 Å². The lowest BCUT2D eigenvalue weighted by Gasteiger charge is -2.39. The fourth-order valence-electron chi connectivity index (χ4n) is 3.63. The quantitative estimate of drug-likeness (QED) is 0.662. The summed E-state index contributed by atoms with van der Waals surface area (Å²) < 4.78 is 32.7. The molecular weight excluding hydrogens is 428 g/mol. The molecule has 0 unspecified atom stereocenters. The van der Waals surface area contributed by atoms with Gasteiger partial charge in [0.2, 0.25) is 10.0 Å². The number of carboxylic acids is 1. The van der Waals surface area contributed by atoms with Crippen molar-refractivity contribution in [3.8, 4) is 5.75 Å². The second kappa shape index (κ2) is 9.78. The lowest BCUT2D eigenvalue weighted by molar-refractivity contribution is -0.139. The summed E-state index contributed by atoms with van der Waals surface area (Å²) in [4.78, 5) is 12.9. The number of aliphatic carboxylic acids is 1. The molecule has 1 fully saturated rings. The van der Waals surface area contributed by atoms with E-state index in [0.29, 0.717) is 37.0 Å². The van der Waals surface area contributed by atoms with Crippen LogP contribution in [0.2, 0.25) is 5.02 Å². The molecular formula is C21H25ClN2O5S. The van der Waals surface area contributed by atoms with E-state index in [1.807, 2.05) is 37.3 Å². The summed E-state index contributed by atoms with van der Waals surface area (Å²) in [6.07, 6.45) is 0. The van der Waals surface area contributed by atoms with Crippen molar-refractivity contribution in [2.75, 3.05) is 26.2 Å². The Labute approximate surface area is 181 Å². The molecule has 0 saturated carbocycles. The summed E-state index contributed by atoms with van der Waals surface area (Å²) in [5, 5.41) is 9.40. The molecule has 0 aliphatic carbocycles. The van der Waals surface area contributed by atoms with E-state index >= 15 is 0 Å². The van der Waals surface area contributed by atoms with Gasteiger partial charge in [-0.05, 0) is 30.7 Å². The van der Waals surface area contributed by atoms with Crippen LogP contribution in [0.25, 0.3) is 0 Å². The minimum absolute atomic E-state index is 0.0142. The third kappa shape index (κ3) is 5.95. The first kappa shape index (κ1) is 22.6. The van der Waals surface area contributed by atoms with Crippen LogP contribution in [0, 0.1) is 0 Å². The molecule has 2 aromatic carbocycles. The largest absolute Gasteiger partial charge is 0.482 e. The van der Waals surface area contributed by atoms with Gasteiger partial charge in [-0.15, -0.1) is 0 Å². The van der Waals surface area contributed by atoms with Crippen molar-refractivity contribution >= 4 is 27.6 Å². The number of ether oxygens (including phenoxy) is 1. The van der Waals surface area contributed by atoms with Crippen molar-refractivity contribution in [1.29, 1.82) is 0 Å². The van der Waals surface area contributed by atoms with Crippen molar-refractivity contribution < 1.29 is 23.1 Å². The highest BCUT2D eigenvalue weighted by atomic mass is 35.5. The highest BCUT2D eigenvalue weighted by molar-refractivity contribution is 7.88. The lowest BCUT2D eigenvalue weighted by Crippen LogP contribution is -2.53. The molecule has 1 heterocycles. The summed E-state index contributed by atoms with van der Waals surface area (Å²) in [6, 6.07) is 14.0. The molecule has 0 amide bonds. The molecule has 0 spiro atoms. The summed E-state index contributed by atoms with van der Waals surface area (Å²) in [5.41, 5.74) is 1.54. The van der Waals surface area contributed by atoms with Gasteiger partial charge in [-0.3, -0.25) is 4.90 Å². The number of carboxylic acid groups (broad SMARTS) is 1. The van der Waals surface area contributed by atoms with Crippen molar-refractivity contribution in [2.24, 2.45) is 0 Å². The Hall–Kier alpha value is -2.13. The molecule has 30 heavy (non-hydrogen) atoms. The normalized spacial score (nSPS) is 18.3. The molecule has 9 heteroatoms. The van der Waals surface area contributed by atoms with Gasteiger partial charge in [-0.1, -0.05) is 41.9 Å². The zero-order valence-electron chi connectivity index (χ0n) is 16.7. The molecule has 1 aliphatic heterocycles. The molecule has 2 aromatic rings. The first-order chi connectivity index (χ1) is 14.2. The molecule has 1 saturated heterocycles. The van der Waals surface area contributed by atoms with Crippen LogP contribution in [0.4, 0.5) is 0 Å². The molecule has 0 radical (unpaired) electrons. The number of piperazine rings is 1. The van der Waals surface area contributed by atoms with Gasteiger partial charge in [0.1, 0.15) is 5.75 Å². The van der Waals surface area contributed by atoms with Crippen LogP contribution >= 0.6 is 11.6 Å². The molecule has 1 aliphatic rings. The number of sulfonamides is 1. The predicted molar refractivity (Wildman–Crippen MR) is 115 cm³/mol. The second-order valence-electron chi connectivity index (χ2n) is 7.37. The number of carbonyl (C=O) groups is 1. The van der Waals surface area contributed by atoms with Crippen molar-refractivity contribution in [3.63, 3.8) is 0 Å². The molecule has 0 aromatic heterocycles. The van der Waals surface area contributed by atoms with E-state index in [-0.39, 0.29) is 11.8 Å². The van der Waals surface area contributed by atoms with Gasteiger partial charge in [0.25, 0.3) is 0 Å². The van der Waals surface area contributed by atoms with Crippen molar-refractivity contribution in [3.05, 3.63) is 64.7 Å². The maximum Gasteiger partial charge on any atom is 0.341 e. The maximum atomic E-state index is 12.9. The fraction of sp³-hybridized carbons (Fsp3) is 0.381. The first-order valence-corrected chi connectivity index (χ1v) is 11.6. The number of hydrogen-bond acceptors (Lipinski definition) is 5. The molecule has 7 nitrogen and oxygen atoms in total. The van der Waals surface area contributed by atoms with E-state index < -0.39 is 22.6 Å². The lowest BCUT2D eigenvalue weighted by atomic mass is 10.1. The van der Waals surface area contributed by atoms with Crippen LogP contribution in [0.15, 0.2) is 48.5 Å². The average molecular weight is 453 g/mol. The van der Waals surface area contributed by atoms with Gasteiger partial charge in [0.05, 0.1) is 5.75 Å². The monoisotopic (exact) mass is 452 g/mol. The Morgan fingerprint density at radius 3 is 2.60 bits per heavy atom. The van der Waals surface area contributed by atoms with Gasteiger partial charge in [0, 0.05) is 42.8 Å². The van der Waals surface area contributed by atoms with E-state index in [9.17, 15) is 13.2 Å². The van der Waals surface area contributed by atoms with Crippen LogP contribution in [-0.2, 0) is 27.1 Å². The van der Waals surface area contributed by atoms with Crippen LogP contribution in [0.1, 0.15) is 18.1 Å². The summed E-state index contributed by atoms with van der Waals surface area (Å²) >= 11 is 6.11. The fourth-order valence-corrected chi connectivity index (χ4v) is 5.58. The van der Waals surface area contributed by atoms with Crippen LogP contribution in [-0.4, -0.2) is 61.0 Å². The molecule has 1 N–H and O–H groups in total. The third-order valence-corrected chi connectivity index (χ3v) is 7.16. The minimum Gasteiger partial charge on any atom is -0.482 e. The van der Waals surface area contributed by atoms with E-state index in [4.69, 9.17) is 21.4 Å². The van der Waals surface area contributed by atoms with Gasteiger partial charge < -0.3 is 9.84 Å². The zero-order chi connectivity index (χ0) is 21.7. The van der Waals surface area contributed by atoms with Crippen LogP contribution in [0.5, 0.6) is 5.75 Å². The summed E-state index contributed by atoms with van der Waals surface area (Å²) in [5.74, 6) is -0.602. The number of halogens is 1. The van der Waals surface area contributed by atoms with Gasteiger partial charge >= 0.3 is 5.97 Å². The van der Waals surface area contributed by atoms with Crippen LogP contribution in [0.3, 0.4) is 0 Å². The number of benzene rings is 2. The number of hydrogen-bond donors (Lipinski definition) is 1. The Morgan fingerprint density at radius 2 is 1.93 bits per heavy atom. The van der Waals surface area contributed by atoms with E-state index in [1.54, 1.807) is 22.5 Å². The Kier molecular flexibility index (Phi) is 7.36. The highest BCUT2D eigenvalue weighted by Crippen LogP contribution is 2.26. The molecule has 0 bridgehead atoms. The molecule has 1 atom stereocenters. The SMILES string of the molecule is C[C@H]1CN(Cc2cc(Cl)ccc2OCC(=O)O)CCN1S(=O)(=O)Cc1ccccc1. The highest BCUT2D eigenvalue weighted by Gasteiger charge is 2.32. The van der Waals surface area contributed by atoms with E-state index in [0.717, 1.165) is 11.1 Å². The van der Waals surface area contributed by atoms with Gasteiger partial charge in [-0.25, -0.2) is 13.2 Å².